The molecule has 1 aromatic heterocycles. The molecule has 4 heteroatoms. The Morgan fingerprint density at radius 1 is 1.35 bits per heavy atom. The third kappa shape index (κ3) is 2.40. The average Bonchev–Trinajstić information content (AvgIpc) is 2.74. The minimum Gasteiger partial charge on any atom is -0.347 e. The second-order valence-corrected chi connectivity index (χ2v) is 7.15. The van der Waals surface area contributed by atoms with Gasteiger partial charge in [-0.25, -0.2) is 0 Å². The van der Waals surface area contributed by atoms with E-state index in [1.165, 1.54) is 11.2 Å². The lowest BCUT2D eigenvalue weighted by Gasteiger charge is -2.22. The van der Waals surface area contributed by atoms with E-state index in [1.54, 1.807) is 0 Å². The molecule has 1 aliphatic rings. The normalized spacial score (nSPS) is 18.5. The molecule has 20 heavy (non-hydrogen) atoms. The molecule has 0 saturated carbocycles. The predicted octanol–water partition coefficient (Wildman–Crippen LogP) is 3.73. The molecule has 0 spiro atoms. The van der Waals surface area contributed by atoms with Crippen molar-refractivity contribution < 1.29 is 4.79 Å². The third-order valence-electron chi connectivity index (χ3n) is 4.00. The van der Waals surface area contributed by atoms with Crippen LogP contribution in [-0.2, 0) is 13.5 Å². The highest BCUT2D eigenvalue weighted by Gasteiger charge is 2.30. The fraction of sp³-hybridized carbons (Fsp3) is 0.438. The van der Waals surface area contributed by atoms with E-state index >= 15 is 0 Å². The summed E-state index contributed by atoms with van der Waals surface area (Å²) in [4.78, 5) is 12.5. The maximum Gasteiger partial charge on any atom is 0.166 e. The van der Waals surface area contributed by atoms with E-state index in [0.29, 0.717) is 17.5 Å². The first-order valence-corrected chi connectivity index (χ1v) is 8.72. The van der Waals surface area contributed by atoms with Crippen LogP contribution in [0.15, 0.2) is 24.3 Å². The van der Waals surface area contributed by atoms with Gasteiger partial charge in [0.1, 0.15) is 0 Å². The van der Waals surface area contributed by atoms with Crippen molar-refractivity contribution in [2.24, 2.45) is 7.05 Å². The Balaban J connectivity index is 1.94. The van der Waals surface area contributed by atoms with Crippen molar-refractivity contribution in [2.45, 2.75) is 24.5 Å². The Morgan fingerprint density at radius 3 is 2.95 bits per heavy atom. The van der Waals surface area contributed by atoms with E-state index in [2.05, 4.69) is 36.4 Å². The van der Waals surface area contributed by atoms with E-state index in [9.17, 15) is 4.79 Å². The van der Waals surface area contributed by atoms with Gasteiger partial charge in [-0.3, -0.25) is 4.79 Å². The van der Waals surface area contributed by atoms with Crippen molar-refractivity contribution >= 4 is 41.1 Å². The number of Topliss-reactive ketones (excluding diaryl/α,β-unsaturated/α-hetero) is 1. The molecule has 1 unspecified atom stereocenters. The minimum absolute atomic E-state index is 0.312. The number of thioether (sulfide) groups is 1. The van der Waals surface area contributed by atoms with E-state index in [4.69, 9.17) is 0 Å². The van der Waals surface area contributed by atoms with E-state index in [1.807, 2.05) is 23.9 Å². The van der Waals surface area contributed by atoms with Crippen LogP contribution in [0, 0.1) is 0 Å². The maximum atomic E-state index is 12.5. The van der Waals surface area contributed by atoms with Crippen molar-refractivity contribution in [3.8, 4) is 0 Å². The number of fused-ring (bicyclic) bond motifs is 3. The van der Waals surface area contributed by atoms with Crippen LogP contribution in [0.2, 0.25) is 0 Å². The predicted molar refractivity (Wildman–Crippen MR) is 90.3 cm³/mol. The van der Waals surface area contributed by atoms with Gasteiger partial charge in [0.15, 0.2) is 5.78 Å². The topological polar surface area (TPSA) is 22.0 Å². The van der Waals surface area contributed by atoms with E-state index in [-0.39, 0.29) is 0 Å². The van der Waals surface area contributed by atoms with Crippen molar-refractivity contribution in [1.29, 1.82) is 0 Å². The smallest absolute Gasteiger partial charge is 0.166 e. The molecule has 0 N–H and O–H groups in total. The molecule has 2 aromatic rings. The quantitative estimate of drug-likeness (QED) is 0.687. The number of aryl methyl sites for hydroxylation is 1. The Hall–Kier alpha value is -0.870. The second-order valence-electron chi connectivity index (χ2n) is 5.30. The molecule has 1 heterocycles. The molecule has 1 aromatic carbocycles. The Morgan fingerprint density at radius 2 is 2.15 bits per heavy atom. The number of para-hydroxylation sites is 1. The van der Waals surface area contributed by atoms with Gasteiger partial charge in [0.2, 0.25) is 0 Å². The standard InChI is InChI=1S/C16H19NOS2/c1-17-13-6-3-2-5-12(13)16-14(17)9-11(10-15(16)18)20-8-4-7-19/h2-3,5-6,11,19H,4,7-10H2,1H3. The van der Waals surface area contributed by atoms with Gasteiger partial charge < -0.3 is 4.57 Å². The summed E-state index contributed by atoms with van der Waals surface area (Å²) in [6.45, 7) is 0. The lowest BCUT2D eigenvalue weighted by molar-refractivity contribution is 0.0976. The van der Waals surface area contributed by atoms with Gasteiger partial charge in [-0.2, -0.15) is 24.4 Å². The summed E-state index contributed by atoms with van der Waals surface area (Å²) in [6.07, 6.45) is 2.79. The summed E-state index contributed by atoms with van der Waals surface area (Å²) < 4.78 is 2.20. The zero-order valence-electron chi connectivity index (χ0n) is 11.6. The molecule has 0 amide bonds. The van der Waals surface area contributed by atoms with Gasteiger partial charge in [0.25, 0.3) is 0 Å². The number of rotatable bonds is 4. The Bertz CT molecular complexity index is 647. The highest BCUT2D eigenvalue weighted by Crippen LogP contribution is 2.35. The van der Waals surface area contributed by atoms with Gasteiger partial charge in [-0.1, -0.05) is 18.2 Å². The first kappa shape index (κ1) is 14.1. The first-order valence-electron chi connectivity index (χ1n) is 7.04. The average molecular weight is 305 g/mol. The van der Waals surface area contributed by atoms with E-state index < -0.39 is 0 Å². The molecule has 0 bridgehead atoms. The summed E-state index contributed by atoms with van der Waals surface area (Å²) in [6, 6.07) is 8.23. The molecule has 0 saturated heterocycles. The molecule has 106 valence electrons. The monoisotopic (exact) mass is 305 g/mol. The number of hydrogen-bond donors (Lipinski definition) is 1. The molecule has 0 fully saturated rings. The van der Waals surface area contributed by atoms with Crippen LogP contribution >= 0.6 is 24.4 Å². The molecule has 0 radical (unpaired) electrons. The second kappa shape index (κ2) is 5.86. The number of nitrogens with zero attached hydrogens (tertiary/aromatic N) is 1. The summed E-state index contributed by atoms with van der Waals surface area (Å²) in [5.41, 5.74) is 3.35. The number of ketones is 1. The van der Waals surface area contributed by atoms with Crippen LogP contribution < -0.4 is 0 Å². The van der Waals surface area contributed by atoms with Crippen molar-refractivity contribution in [1.82, 2.24) is 4.57 Å². The van der Waals surface area contributed by atoms with Crippen molar-refractivity contribution in [3.63, 3.8) is 0 Å². The summed E-state index contributed by atoms with van der Waals surface area (Å²) in [5, 5.41) is 1.55. The number of hydrogen-bond acceptors (Lipinski definition) is 3. The highest BCUT2D eigenvalue weighted by atomic mass is 32.2. The molecule has 1 aliphatic carbocycles. The fourth-order valence-corrected chi connectivity index (χ4v) is 4.59. The Labute approximate surface area is 129 Å². The molecule has 2 nitrogen and oxygen atoms in total. The zero-order valence-corrected chi connectivity index (χ0v) is 13.3. The Kier molecular flexibility index (Phi) is 4.13. The fourth-order valence-electron chi connectivity index (χ4n) is 3.03. The third-order valence-corrected chi connectivity index (χ3v) is 5.64. The van der Waals surface area contributed by atoms with Crippen LogP contribution in [0.1, 0.15) is 28.9 Å². The summed E-state index contributed by atoms with van der Waals surface area (Å²) >= 11 is 6.17. The van der Waals surface area contributed by atoms with Gasteiger partial charge in [-0.15, -0.1) is 0 Å². The minimum atomic E-state index is 0.312. The van der Waals surface area contributed by atoms with E-state index in [0.717, 1.165) is 35.3 Å². The van der Waals surface area contributed by atoms with Gasteiger partial charge in [0.05, 0.1) is 0 Å². The van der Waals surface area contributed by atoms with Crippen molar-refractivity contribution in [2.75, 3.05) is 11.5 Å². The van der Waals surface area contributed by atoms with Crippen LogP contribution in [0.25, 0.3) is 10.9 Å². The molecule has 1 atom stereocenters. The number of aromatic nitrogens is 1. The lowest BCUT2D eigenvalue weighted by atomic mass is 9.94. The molecular formula is C16H19NOS2. The van der Waals surface area contributed by atoms with Gasteiger partial charge >= 0.3 is 0 Å². The summed E-state index contributed by atoms with van der Waals surface area (Å²) in [7, 11) is 2.08. The number of carbonyl (C=O) groups is 1. The van der Waals surface area contributed by atoms with Crippen molar-refractivity contribution in [3.05, 3.63) is 35.5 Å². The number of benzene rings is 1. The van der Waals surface area contributed by atoms with Crippen LogP contribution in [-0.4, -0.2) is 27.1 Å². The van der Waals surface area contributed by atoms with Gasteiger partial charge in [-0.05, 0) is 24.0 Å². The lowest BCUT2D eigenvalue weighted by Crippen LogP contribution is -2.23. The van der Waals surface area contributed by atoms with Crippen LogP contribution in [0.4, 0.5) is 0 Å². The first-order chi connectivity index (χ1) is 9.72. The van der Waals surface area contributed by atoms with Crippen LogP contribution in [0.5, 0.6) is 0 Å². The largest absolute Gasteiger partial charge is 0.347 e. The maximum absolute atomic E-state index is 12.5. The molecular weight excluding hydrogens is 286 g/mol. The van der Waals surface area contributed by atoms with Gasteiger partial charge in [0, 0.05) is 47.3 Å². The highest BCUT2D eigenvalue weighted by molar-refractivity contribution is 7.99. The SMILES string of the molecule is Cn1c2c(c3ccccc31)C(=O)CC(SCCCS)C2. The number of thiol groups is 1. The summed E-state index contributed by atoms with van der Waals surface area (Å²) in [5.74, 6) is 2.33. The van der Waals surface area contributed by atoms with Crippen LogP contribution in [0.3, 0.4) is 0 Å². The number of carbonyl (C=O) groups excluding carboxylic acids is 1. The zero-order chi connectivity index (χ0) is 14.1. The molecule has 3 rings (SSSR count). The molecule has 0 aliphatic heterocycles.